The summed E-state index contributed by atoms with van der Waals surface area (Å²) in [6, 6.07) is 5.71. The largest absolute Gasteiger partial charge is 0.365 e. The van der Waals surface area contributed by atoms with Crippen LogP contribution in [0.5, 0.6) is 0 Å². The average Bonchev–Trinajstić information content (AvgIpc) is 2.36. The molecule has 0 atom stereocenters. The smallest absolute Gasteiger partial charge is 0.239 e. The number of amides is 1. The summed E-state index contributed by atoms with van der Waals surface area (Å²) in [4.78, 5) is 13.3. The van der Waals surface area contributed by atoms with Gasteiger partial charge in [0.15, 0.2) is 0 Å². The lowest BCUT2D eigenvalue weighted by Gasteiger charge is -2.22. The molecule has 1 amide bonds. The topological polar surface area (TPSA) is 44.4 Å². The first-order valence-corrected chi connectivity index (χ1v) is 6.37. The first-order chi connectivity index (χ1) is 8.58. The second kappa shape index (κ2) is 7.24. The lowest BCUT2D eigenvalue weighted by molar-refractivity contribution is -0.119. The van der Waals surface area contributed by atoms with Gasteiger partial charge in [0, 0.05) is 31.4 Å². The average molecular weight is 270 g/mol. The Morgan fingerprint density at radius 3 is 2.78 bits per heavy atom. The van der Waals surface area contributed by atoms with Crippen molar-refractivity contribution < 1.29 is 4.79 Å². The molecule has 0 radical (unpaired) electrons. The molecule has 0 saturated carbocycles. The van der Waals surface area contributed by atoms with E-state index in [9.17, 15) is 4.79 Å². The number of hydrogen-bond donors (Lipinski definition) is 2. The quantitative estimate of drug-likeness (QED) is 0.825. The Labute approximate surface area is 113 Å². The van der Waals surface area contributed by atoms with Gasteiger partial charge >= 0.3 is 0 Å². The molecule has 0 heterocycles. The van der Waals surface area contributed by atoms with Gasteiger partial charge in [0.05, 0.1) is 6.54 Å². The van der Waals surface area contributed by atoms with Gasteiger partial charge in [0.1, 0.15) is 0 Å². The van der Waals surface area contributed by atoms with Crippen molar-refractivity contribution in [1.82, 2.24) is 10.6 Å². The van der Waals surface area contributed by atoms with Crippen molar-refractivity contribution in [1.29, 1.82) is 0 Å². The number of hydrogen-bond acceptors (Lipinski definition) is 3. The first-order valence-electron chi connectivity index (χ1n) is 5.99. The number of likely N-dealkylation sites (N-methyl/N-ethyl adjacent to an activating group) is 2. The molecule has 0 aromatic heterocycles. The van der Waals surface area contributed by atoms with Crippen molar-refractivity contribution in [3.05, 3.63) is 28.8 Å². The summed E-state index contributed by atoms with van der Waals surface area (Å²) < 4.78 is 0. The molecule has 1 aromatic rings. The molecule has 0 fully saturated rings. The SMILES string of the molecule is CCNCc1cc(Cl)ccc1N(C)CC(=O)NC. The summed E-state index contributed by atoms with van der Waals surface area (Å²) in [6.45, 7) is 4.02. The van der Waals surface area contributed by atoms with E-state index in [4.69, 9.17) is 11.6 Å². The molecule has 5 heteroatoms. The molecule has 4 nitrogen and oxygen atoms in total. The first kappa shape index (κ1) is 14.8. The van der Waals surface area contributed by atoms with Crippen LogP contribution in [0, 0.1) is 0 Å². The fraction of sp³-hybridized carbons (Fsp3) is 0.462. The van der Waals surface area contributed by atoms with Crippen LogP contribution in [0.15, 0.2) is 18.2 Å². The van der Waals surface area contributed by atoms with Crippen LogP contribution in [0.3, 0.4) is 0 Å². The van der Waals surface area contributed by atoms with Gasteiger partial charge in [-0.25, -0.2) is 0 Å². The van der Waals surface area contributed by atoms with E-state index in [1.807, 2.05) is 30.1 Å². The minimum Gasteiger partial charge on any atom is -0.365 e. The molecule has 0 aliphatic heterocycles. The number of nitrogens with one attached hydrogen (secondary N) is 2. The van der Waals surface area contributed by atoms with Crippen molar-refractivity contribution in [3.8, 4) is 0 Å². The molecular weight excluding hydrogens is 250 g/mol. The van der Waals surface area contributed by atoms with Crippen LogP contribution >= 0.6 is 11.6 Å². The number of halogens is 1. The molecule has 2 N–H and O–H groups in total. The fourth-order valence-corrected chi connectivity index (χ4v) is 1.90. The molecule has 0 bridgehead atoms. The Hall–Kier alpha value is -1.26. The van der Waals surface area contributed by atoms with Gasteiger partial charge in [-0.2, -0.15) is 0 Å². The molecule has 1 aromatic carbocycles. The van der Waals surface area contributed by atoms with E-state index >= 15 is 0 Å². The third kappa shape index (κ3) is 4.20. The fourth-order valence-electron chi connectivity index (χ4n) is 1.71. The van der Waals surface area contributed by atoms with Gasteiger partial charge in [-0.1, -0.05) is 18.5 Å². The van der Waals surface area contributed by atoms with Crippen LogP contribution < -0.4 is 15.5 Å². The number of rotatable bonds is 6. The molecule has 0 saturated heterocycles. The summed E-state index contributed by atoms with van der Waals surface area (Å²) in [5.41, 5.74) is 2.11. The number of benzene rings is 1. The molecule has 18 heavy (non-hydrogen) atoms. The van der Waals surface area contributed by atoms with Crippen LogP contribution in [0.4, 0.5) is 5.69 Å². The molecule has 0 aliphatic carbocycles. The van der Waals surface area contributed by atoms with Crippen LogP contribution in [0.25, 0.3) is 0 Å². The minimum atomic E-state index is -0.0122. The maximum Gasteiger partial charge on any atom is 0.239 e. The number of carbonyl (C=O) groups excluding carboxylic acids is 1. The normalized spacial score (nSPS) is 10.2. The number of carbonyl (C=O) groups is 1. The highest BCUT2D eigenvalue weighted by atomic mass is 35.5. The van der Waals surface area contributed by atoms with Crippen molar-refractivity contribution in [3.63, 3.8) is 0 Å². The van der Waals surface area contributed by atoms with Crippen molar-refractivity contribution in [2.24, 2.45) is 0 Å². The van der Waals surface area contributed by atoms with E-state index in [-0.39, 0.29) is 5.91 Å². The summed E-state index contributed by atoms with van der Waals surface area (Å²) in [5.74, 6) is -0.0122. The Balaban J connectivity index is 2.88. The van der Waals surface area contributed by atoms with E-state index in [0.717, 1.165) is 24.3 Å². The molecule has 0 spiro atoms. The number of nitrogens with zero attached hydrogens (tertiary/aromatic N) is 1. The minimum absolute atomic E-state index is 0.0122. The lowest BCUT2D eigenvalue weighted by Crippen LogP contribution is -2.33. The third-order valence-corrected chi connectivity index (χ3v) is 2.91. The van der Waals surface area contributed by atoms with Crippen LogP contribution in [0.1, 0.15) is 12.5 Å². The Morgan fingerprint density at radius 2 is 2.17 bits per heavy atom. The molecular formula is C13H20ClN3O. The van der Waals surface area contributed by atoms with Gasteiger partial charge in [0.2, 0.25) is 5.91 Å². The molecule has 0 unspecified atom stereocenters. The van der Waals surface area contributed by atoms with Crippen molar-refractivity contribution >= 4 is 23.2 Å². The third-order valence-electron chi connectivity index (χ3n) is 2.68. The highest BCUT2D eigenvalue weighted by Gasteiger charge is 2.10. The zero-order valence-electron chi connectivity index (χ0n) is 11.1. The van der Waals surface area contributed by atoms with E-state index in [0.29, 0.717) is 11.6 Å². The van der Waals surface area contributed by atoms with Gasteiger partial charge < -0.3 is 15.5 Å². The number of anilines is 1. The lowest BCUT2D eigenvalue weighted by atomic mass is 10.1. The summed E-state index contributed by atoms with van der Waals surface area (Å²) in [7, 11) is 3.53. The maximum absolute atomic E-state index is 11.4. The standard InChI is InChI=1S/C13H20ClN3O/c1-4-16-8-10-7-11(14)5-6-12(10)17(3)9-13(18)15-2/h5-7,16H,4,8-9H2,1-3H3,(H,15,18). The van der Waals surface area contributed by atoms with Crippen molar-refractivity contribution in [2.75, 3.05) is 32.1 Å². The van der Waals surface area contributed by atoms with E-state index < -0.39 is 0 Å². The van der Waals surface area contributed by atoms with Gasteiger partial charge in [0.25, 0.3) is 0 Å². The Bertz CT molecular complexity index is 409. The second-order valence-corrected chi connectivity index (χ2v) is 4.52. The van der Waals surface area contributed by atoms with Crippen LogP contribution in [-0.4, -0.2) is 33.1 Å². The Kier molecular flexibility index (Phi) is 5.95. The van der Waals surface area contributed by atoms with Gasteiger partial charge in [-0.05, 0) is 30.3 Å². The summed E-state index contributed by atoms with van der Waals surface area (Å²) in [6.07, 6.45) is 0. The van der Waals surface area contributed by atoms with Crippen molar-refractivity contribution in [2.45, 2.75) is 13.5 Å². The highest BCUT2D eigenvalue weighted by molar-refractivity contribution is 6.30. The van der Waals surface area contributed by atoms with Crippen LogP contribution in [0.2, 0.25) is 5.02 Å². The highest BCUT2D eigenvalue weighted by Crippen LogP contribution is 2.23. The maximum atomic E-state index is 11.4. The zero-order valence-corrected chi connectivity index (χ0v) is 11.8. The predicted molar refractivity (Wildman–Crippen MR) is 76.2 cm³/mol. The summed E-state index contributed by atoms with van der Waals surface area (Å²) >= 11 is 6.01. The predicted octanol–water partition coefficient (Wildman–Crippen LogP) is 1.63. The second-order valence-electron chi connectivity index (χ2n) is 4.08. The monoisotopic (exact) mass is 269 g/mol. The van der Waals surface area contributed by atoms with Crippen LogP contribution in [-0.2, 0) is 11.3 Å². The van der Waals surface area contributed by atoms with E-state index in [1.54, 1.807) is 7.05 Å². The van der Waals surface area contributed by atoms with Gasteiger partial charge in [-0.3, -0.25) is 4.79 Å². The summed E-state index contributed by atoms with van der Waals surface area (Å²) in [5, 5.41) is 6.59. The molecule has 1 rings (SSSR count). The Morgan fingerprint density at radius 1 is 1.44 bits per heavy atom. The zero-order chi connectivity index (χ0) is 13.5. The molecule has 0 aliphatic rings. The van der Waals surface area contributed by atoms with E-state index in [1.165, 1.54) is 0 Å². The van der Waals surface area contributed by atoms with E-state index in [2.05, 4.69) is 17.6 Å². The van der Waals surface area contributed by atoms with Gasteiger partial charge in [-0.15, -0.1) is 0 Å². The molecule has 100 valence electrons.